The standard InChI is InChI=1S/C13H20ClN3/c1-10-7-11(14)3-4-13(10)16-8-12-9-17(2)6-5-15-12/h3-4,7,12,15-16H,5-6,8-9H2,1-2H3. The van der Waals surface area contributed by atoms with Crippen molar-refractivity contribution in [1.82, 2.24) is 10.2 Å². The number of anilines is 1. The van der Waals surface area contributed by atoms with Crippen LogP contribution in [0.1, 0.15) is 5.56 Å². The van der Waals surface area contributed by atoms with Crippen LogP contribution in [0.25, 0.3) is 0 Å². The van der Waals surface area contributed by atoms with Gasteiger partial charge in [-0.15, -0.1) is 0 Å². The number of likely N-dealkylation sites (N-methyl/N-ethyl adjacent to an activating group) is 1. The molecule has 0 bridgehead atoms. The van der Waals surface area contributed by atoms with Gasteiger partial charge in [0.2, 0.25) is 0 Å². The molecule has 0 amide bonds. The monoisotopic (exact) mass is 253 g/mol. The molecular formula is C13H20ClN3. The highest BCUT2D eigenvalue weighted by Gasteiger charge is 2.15. The molecule has 0 saturated carbocycles. The maximum Gasteiger partial charge on any atom is 0.0410 e. The van der Waals surface area contributed by atoms with Crippen molar-refractivity contribution in [2.24, 2.45) is 0 Å². The first-order chi connectivity index (χ1) is 8.15. The largest absolute Gasteiger partial charge is 0.383 e. The van der Waals surface area contributed by atoms with Crippen molar-refractivity contribution in [3.63, 3.8) is 0 Å². The number of benzene rings is 1. The number of hydrogen-bond acceptors (Lipinski definition) is 3. The van der Waals surface area contributed by atoms with E-state index in [0.717, 1.165) is 31.2 Å². The molecule has 1 aliphatic heterocycles. The summed E-state index contributed by atoms with van der Waals surface area (Å²) in [4.78, 5) is 2.36. The Balaban J connectivity index is 1.88. The molecule has 1 unspecified atom stereocenters. The van der Waals surface area contributed by atoms with E-state index in [1.807, 2.05) is 18.2 Å². The Bertz CT molecular complexity index is 381. The van der Waals surface area contributed by atoms with Gasteiger partial charge in [-0.1, -0.05) is 11.6 Å². The average Bonchev–Trinajstić information content (AvgIpc) is 2.28. The molecule has 1 saturated heterocycles. The summed E-state index contributed by atoms with van der Waals surface area (Å²) in [6.45, 7) is 6.33. The maximum atomic E-state index is 5.94. The van der Waals surface area contributed by atoms with Gasteiger partial charge >= 0.3 is 0 Å². The lowest BCUT2D eigenvalue weighted by molar-refractivity contribution is 0.244. The number of hydrogen-bond donors (Lipinski definition) is 2. The van der Waals surface area contributed by atoms with Crippen LogP contribution in [0.5, 0.6) is 0 Å². The number of halogens is 1. The minimum Gasteiger partial charge on any atom is -0.383 e. The summed E-state index contributed by atoms with van der Waals surface area (Å²) in [6.07, 6.45) is 0. The van der Waals surface area contributed by atoms with E-state index in [1.54, 1.807) is 0 Å². The Labute approximate surface area is 108 Å². The van der Waals surface area contributed by atoms with Gasteiger partial charge in [-0.25, -0.2) is 0 Å². The molecule has 1 aliphatic rings. The maximum absolute atomic E-state index is 5.94. The fourth-order valence-corrected chi connectivity index (χ4v) is 2.41. The van der Waals surface area contributed by atoms with Gasteiger partial charge in [0.05, 0.1) is 0 Å². The van der Waals surface area contributed by atoms with E-state index in [1.165, 1.54) is 11.3 Å². The lowest BCUT2D eigenvalue weighted by Gasteiger charge is -2.31. The van der Waals surface area contributed by atoms with Gasteiger partial charge in [0, 0.05) is 42.9 Å². The Hall–Kier alpha value is -0.770. The summed E-state index contributed by atoms with van der Waals surface area (Å²) in [7, 11) is 2.17. The van der Waals surface area contributed by atoms with Crippen LogP contribution >= 0.6 is 11.6 Å². The molecule has 1 heterocycles. The minimum atomic E-state index is 0.517. The third kappa shape index (κ3) is 3.60. The van der Waals surface area contributed by atoms with Crippen molar-refractivity contribution in [3.05, 3.63) is 28.8 Å². The number of nitrogens with one attached hydrogen (secondary N) is 2. The fraction of sp³-hybridized carbons (Fsp3) is 0.538. The van der Waals surface area contributed by atoms with Crippen LogP contribution in [0.4, 0.5) is 5.69 Å². The minimum absolute atomic E-state index is 0.517. The molecule has 0 aliphatic carbocycles. The van der Waals surface area contributed by atoms with E-state index in [-0.39, 0.29) is 0 Å². The summed E-state index contributed by atoms with van der Waals surface area (Å²) in [5.41, 5.74) is 2.37. The van der Waals surface area contributed by atoms with Crippen molar-refractivity contribution >= 4 is 17.3 Å². The zero-order chi connectivity index (χ0) is 12.3. The predicted molar refractivity (Wildman–Crippen MR) is 74.0 cm³/mol. The van der Waals surface area contributed by atoms with Crippen molar-refractivity contribution in [1.29, 1.82) is 0 Å². The number of nitrogens with zero attached hydrogens (tertiary/aromatic N) is 1. The van der Waals surface area contributed by atoms with E-state index < -0.39 is 0 Å². The van der Waals surface area contributed by atoms with Crippen LogP contribution in [-0.4, -0.2) is 44.2 Å². The van der Waals surface area contributed by atoms with Gasteiger partial charge in [-0.05, 0) is 37.7 Å². The number of piperazine rings is 1. The highest BCUT2D eigenvalue weighted by molar-refractivity contribution is 6.30. The molecule has 17 heavy (non-hydrogen) atoms. The quantitative estimate of drug-likeness (QED) is 0.863. The van der Waals surface area contributed by atoms with Crippen molar-refractivity contribution in [2.75, 3.05) is 38.5 Å². The highest BCUT2D eigenvalue weighted by atomic mass is 35.5. The lowest BCUT2D eigenvalue weighted by Crippen LogP contribution is -2.51. The van der Waals surface area contributed by atoms with E-state index in [2.05, 4.69) is 29.5 Å². The van der Waals surface area contributed by atoms with Gasteiger partial charge in [0.15, 0.2) is 0 Å². The number of rotatable bonds is 3. The highest BCUT2D eigenvalue weighted by Crippen LogP contribution is 2.19. The first-order valence-electron chi connectivity index (χ1n) is 6.07. The molecule has 0 aromatic heterocycles. The molecule has 0 radical (unpaired) electrons. The third-order valence-corrected chi connectivity index (χ3v) is 3.42. The van der Waals surface area contributed by atoms with Gasteiger partial charge in [0.25, 0.3) is 0 Å². The Morgan fingerprint density at radius 2 is 2.35 bits per heavy atom. The van der Waals surface area contributed by atoms with Crippen LogP contribution in [0.3, 0.4) is 0 Å². The Morgan fingerprint density at radius 1 is 1.53 bits per heavy atom. The predicted octanol–water partition coefficient (Wildman–Crippen LogP) is 1.96. The molecule has 1 aromatic carbocycles. The van der Waals surface area contributed by atoms with Crippen LogP contribution in [0, 0.1) is 6.92 Å². The van der Waals surface area contributed by atoms with Crippen LogP contribution in [-0.2, 0) is 0 Å². The van der Waals surface area contributed by atoms with Crippen molar-refractivity contribution in [3.8, 4) is 0 Å². The molecule has 2 N–H and O–H groups in total. The third-order valence-electron chi connectivity index (χ3n) is 3.19. The molecule has 94 valence electrons. The molecule has 1 aromatic rings. The van der Waals surface area contributed by atoms with E-state index in [9.17, 15) is 0 Å². The van der Waals surface area contributed by atoms with Crippen LogP contribution in [0.2, 0.25) is 5.02 Å². The summed E-state index contributed by atoms with van der Waals surface area (Å²) < 4.78 is 0. The van der Waals surface area contributed by atoms with Crippen LogP contribution in [0.15, 0.2) is 18.2 Å². The summed E-state index contributed by atoms with van der Waals surface area (Å²) in [5.74, 6) is 0. The first kappa shape index (κ1) is 12.7. The molecule has 1 atom stereocenters. The zero-order valence-corrected chi connectivity index (χ0v) is 11.2. The molecule has 2 rings (SSSR count). The Morgan fingerprint density at radius 3 is 3.06 bits per heavy atom. The molecule has 3 nitrogen and oxygen atoms in total. The summed E-state index contributed by atoms with van der Waals surface area (Å²) in [5, 5.41) is 7.80. The van der Waals surface area contributed by atoms with E-state index >= 15 is 0 Å². The second kappa shape index (κ2) is 5.71. The first-order valence-corrected chi connectivity index (χ1v) is 6.45. The summed E-state index contributed by atoms with van der Waals surface area (Å²) >= 11 is 5.94. The van der Waals surface area contributed by atoms with E-state index in [0.29, 0.717) is 6.04 Å². The Kier molecular flexibility index (Phi) is 4.26. The molecule has 1 fully saturated rings. The average molecular weight is 254 g/mol. The SMILES string of the molecule is Cc1cc(Cl)ccc1NCC1CN(C)CCN1. The molecule has 0 spiro atoms. The second-order valence-electron chi connectivity index (χ2n) is 4.75. The molecule has 4 heteroatoms. The van der Waals surface area contributed by atoms with E-state index in [4.69, 9.17) is 11.6 Å². The fourth-order valence-electron chi connectivity index (χ4n) is 2.19. The van der Waals surface area contributed by atoms with Gasteiger partial charge < -0.3 is 15.5 Å². The zero-order valence-electron chi connectivity index (χ0n) is 10.5. The van der Waals surface area contributed by atoms with Gasteiger partial charge in [-0.2, -0.15) is 0 Å². The summed E-state index contributed by atoms with van der Waals surface area (Å²) in [6, 6.07) is 6.48. The van der Waals surface area contributed by atoms with Crippen LogP contribution < -0.4 is 10.6 Å². The van der Waals surface area contributed by atoms with Gasteiger partial charge in [0.1, 0.15) is 0 Å². The second-order valence-corrected chi connectivity index (χ2v) is 5.19. The topological polar surface area (TPSA) is 27.3 Å². The van der Waals surface area contributed by atoms with Gasteiger partial charge in [-0.3, -0.25) is 0 Å². The van der Waals surface area contributed by atoms with Crippen molar-refractivity contribution < 1.29 is 0 Å². The normalized spacial score (nSPS) is 21.5. The van der Waals surface area contributed by atoms with Crippen molar-refractivity contribution in [2.45, 2.75) is 13.0 Å². The lowest BCUT2D eigenvalue weighted by atomic mass is 10.1. The smallest absolute Gasteiger partial charge is 0.0410 e. The molecular weight excluding hydrogens is 234 g/mol. The number of aryl methyl sites for hydroxylation is 1.